The van der Waals surface area contributed by atoms with Crippen LogP contribution in [-0.2, 0) is 16.0 Å². The number of aromatic nitrogens is 3. The van der Waals surface area contributed by atoms with Crippen LogP contribution in [0.25, 0.3) is 32.6 Å². The molecule has 12 nitrogen and oxygen atoms in total. The van der Waals surface area contributed by atoms with Crippen molar-refractivity contribution in [2.75, 3.05) is 43.5 Å². The third kappa shape index (κ3) is 7.80. The number of benzene rings is 1. The number of fused-ring (bicyclic) bond motifs is 1. The quantitative estimate of drug-likeness (QED) is 0.225. The highest BCUT2D eigenvalue weighted by Crippen LogP contribution is 2.39. The van der Waals surface area contributed by atoms with E-state index in [4.69, 9.17) is 0 Å². The molecule has 0 unspecified atom stereocenters. The number of hydrogen-bond donors (Lipinski definition) is 3. The number of nitrogens with zero attached hydrogens (tertiary/aromatic N) is 4. The Hall–Kier alpha value is -4.35. The second kappa shape index (κ2) is 13.4. The fourth-order valence-electron chi connectivity index (χ4n) is 5.51. The smallest absolute Gasteiger partial charge is 0.434 e. The molecule has 1 aliphatic rings. The van der Waals surface area contributed by atoms with Gasteiger partial charge in [-0.2, -0.15) is 13.2 Å². The maximum absolute atomic E-state index is 13.5. The predicted octanol–water partition coefficient (Wildman–Crippen LogP) is 4.73. The number of hydrogen-bond acceptors (Lipinski definition) is 9. The second-order valence-electron chi connectivity index (χ2n) is 11.2. The minimum atomic E-state index is -4.69. The van der Waals surface area contributed by atoms with Gasteiger partial charge in [0.25, 0.3) is 0 Å². The van der Waals surface area contributed by atoms with Gasteiger partial charge in [0.05, 0.1) is 11.3 Å². The lowest BCUT2D eigenvalue weighted by atomic mass is 9.98. The van der Waals surface area contributed by atoms with E-state index in [-0.39, 0.29) is 33.6 Å². The number of rotatable bonds is 9. The number of thiazole rings is 1. The van der Waals surface area contributed by atoms with E-state index in [0.29, 0.717) is 49.2 Å². The molecule has 0 radical (unpaired) electrons. The number of sulfone groups is 1. The number of urea groups is 1. The second-order valence-corrected chi connectivity index (χ2v) is 14.3. The molecule has 0 bridgehead atoms. The molecule has 1 fully saturated rings. The molecule has 1 atom stereocenters. The maximum atomic E-state index is 13.5. The van der Waals surface area contributed by atoms with Gasteiger partial charge in [0, 0.05) is 66.2 Å². The number of anilines is 1. The normalized spacial score (nSPS) is 15.9. The van der Waals surface area contributed by atoms with Gasteiger partial charge in [0.15, 0.2) is 5.69 Å². The number of aromatic carboxylic acids is 1. The first-order chi connectivity index (χ1) is 22.1. The van der Waals surface area contributed by atoms with E-state index in [1.165, 1.54) is 24.5 Å². The number of piperidine rings is 1. The summed E-state index contributed by atoms with van der Waals surface area (Å²) in [7, 11) is -3.19. The Labute approximate surface area is 271 Å². The van der Waals surface area contributed by atoms with Crippen LogP contribution in [0.3, 0.4) is 0 Å². The fraction of sp³-hybridized carbons (Fsp3) is 0.367. The van der Waals surface area contributed by atoms with Gasteiger partial charge in [0.1, 0.15) is 26.2 Å². The summed E-state index contributed by atoms with van der Waals surface area (Å²) >= 11 is 0.743. The highest BCUT2D eigenvalue weighted by molar-refractivity contribution is 7.90. The summed E-state index contributed by atoms with van der Waals surface area (Å²) in [4.78, 5) is 47.9. The zero-order valence-corrected chi connectivity index (χ0v) is 26.9. The Kier molecular flexibility index (Phi) is 9.70. The maximum Gasteiger partial charge on any atom is 0.434 e. The van der Waals surface area contributed by atoms with Gasteiger partial charge in [-0.1, -0.05) is 6.07 Å². The molecule has 4 heterocycles. The van der Waals surface area contributed by atoms with E-state index in [2.05, 4.69) is 20.6 Å². The Balaban J connectivity index is 1.62. The van der Waals surface area contributed by atoms with Gasteiger partial charge in [-0.3, -0.25) is 10.1 Å². The predicted molar refractivity (Wildman–Crippen MR) is 172 cm³/mol. The molecule has 47 heavy (non-hydrogen) atoms. The van der Waals surface area contributed by atoms with Gasteiger partial charge >= 0.3 is 18.2 Å². The number of amides is 2. The molecule has 3 aromatic heterocycles. The number of alkyl halides is 3. The van der Waals surface area contributed by atoms with Crippen LogP contribution in [0.4, 0.5) is 23.8 Å². The topological polar surface area (TPSA) is 164 Å². The van der Waals surface area contributed by atoms with Crippen molar-refractivity contribution in [2.24, 2.45) is 0 Å². The van der Waals surface area contributed by atoms with Gasteiger partial charge in [-0.15, -0.1) is 11.3 Å². The van der Waals surface area contributed by atoms with Crippen molar-refractivity contribution in [1.29, 1.82) is 0 Å². The molecule has 0 saturated carbocycles. The van der Waals surface area contributed by atoms with Gasteiger partial charge in [0.2, 0.25) is 5.43 Å². The fourth-order valence-corrected chi connectivity index (χ4v) is 6.96. The largest absolute Gasteiger partial charge is 0.477 e. The summed E-state index contributed by atoms with van der Waals surface area (Å²) in [5.74, 6) is -1.40. The summed E-state index contributed by atoms with van der Waals surface area (Å²) in [6.45, 7) is 3.46. The number of halogens is 3. The number of pyridine rings is 2. The van der Waals surface area contributed by atoms with Crippen molar-refractivity contribution >= 4 is 49.9 Å². The van der Waals surface area contributed by atoms with Crippen LogP contribution >= 0.6 is 11.3 Å². The lowest BCUT2D eigenvalue weighted by Crippen LogP contribution is -2.39. The van der Waals surface area contributed by atoms with Crippen LogP contribution in [0.2, 0.25) is 0 Å². The highest BCUT2D eigenvalue weighted by Gasteiger charge is 2.34. The average Bonchev–Trinajstić information content (AvgIpc) is 3.51. The van der Waals surface area contributed by atoms with Crippen molar-refractivity contribution in [3.05, 3.63) is 63.5 Å². The van der Waals surface area contributed by atoms with Crippen molar-refractivity contribution in [3.63, 3.8) is 0 Å². The summed E-state index contributed by atoms with van der Waals surface area (Å²) in [6.07, 6.45) is 0.506. The average molecular weight is 693 g/mol. The Morgan fingerprint density at radius 1 is 1.19 bits per heavy atom. The molecule has 2 amide bonds. The molecule has 1 saturated heterocycles. The number of likely N-dealkylation sites (tertiary alicyclic amines) is 1. The summed E-state index contributed by atoms with van der Waals surface area (Å²) < 4.78 is 65.6. The van der Waals surface area contributed by atoms with E-state index < -0.39 is 44.7 Å². The zero-order valence-electron chi connectivity index (χ0n) is 25.3. The molecule has 5 rings (SSSR count). The molecule has 3 N–H and O–H groups in total. The summed E-state index contributed by atoms with van der Waals surface area (Å²) in [6, 6.07) is 5.31. The van der Waals surface area contributed by atoms with Crippen molar-refractivity contribution in [3.8, 4) is 21.7 Å². The monoisotopic (exact) mass is 692 g/mol. The molecule has 17 heteroatoms. The SMILES string of the molecule is CCNC(=O)Nc1cc(-c2nc(C(F)(F)F)cs2)c(-c2ccc3c(c2)c(=O)c(C(=O)O)cn3[C@H]2CCCN(CCS(C)(=O)=O)C2)cn1. The van der Waals surface area contributed by atoms with Crippen LogP contribution in [-0.4, -0.2) is 83.1 Å². The first kappa shape index (κ1) is 34.0. The number of carbonyl (C=O) groups is 2. The molecule has 250 valence electrons. The van der Waals surface area contributed by atoms with Gasteiger partial charge in [-0.05, 0) is 50.1 Å². The Morgan fingerprint density at radius 3 is 2.62 bits per heavy atom. The lowest BCUT2D eigenvalue weighted by molar-refractivity contribution is -0.140. The first-order valence-electron chi connectivity index (χ1n) is 14.5. The van der Waals surface area contributed by atoms with Crippen LogP contribution in [0.5, 0.6) is 0 Å². The zero-order chi connectivity index (χ0) is 34.1. The van der Waals surface area contributed by atoms with Gasteiger partial charge in [-0.25, -0.2) is 28.0 Å². The van der Waals surface area contributed by atoms with E-state index in [9.17, 15) is 41.1 Å². The number of carboxylic acids is 1. The van der Waals surface area contributed by atoms with Gasteiger partial charge < -0.3 is 19.9 Å². The van der Waals surface area contributed by atoms with Crippen LogP contribution in [0.15, 0.2) is 46.8 Å². The number of carbonyl (C=O) groups excluding carboxylic acids is 1. The van der Waals surface area contributed by atoms with Crippen LogP contribution in [0, 0.1) is 0 Å². The molecule has 4 aromatic rings. The molecular formula is C30H31F3N6O6S2. The third-order valence-corrected chi connectivity index (χ3v) is 9.53. The summed E-state index contributed by atoms with van der Waals surface area (Å²) in [5.41, 5.74) is -0.994. The first-order valence-corrected chi connectivity index (χ1v) is 17.5. The highest BCUT2D eigenvalue weighted by atomic mass is 32.2. The molecule has 1 aromatic carbocycles. The number of nitrogens with one attached hydrogen (secondary N) is 2. The number of carboxylic acid groups (broad SMARTS) is 1. The molecule has 0 aliphatic carbocycles. The minimum Gasteiger partial charge on any atom is -0.477 e. The van der Waals surface area contributed by atoms with Crippen molar-refractivity contribution in [1.82, 2.24) is 24.8 Å². The standard InChI is InChI=1S/C30H31F3N6O6S2/c1-3-34-29(43)37-25-12-19(27-36-24(16-46-27)30(31,32)33)21(13-35-25)17-6-7-23-20(11-17)26(40)22(28(41)42)15-39(23)18-5-4-8-38(14-18)9-10-47(2,44)45/h6-7,11-13,15-16,18H,3-5,8-10,14H2,1-2H3,(H,41,42)(H2,34,35,37,43)/t18-/m0/s1. The summed E-state index contributed by atoms with van der Waals surface area (Å²) in [5, 5.41) is 15.9. The molecule has 0 spiro atoms. The molecule has 1 aliphatic heterocycles. The third-order valence-electron chi connectivity index (χ3n) is 7.73. The van der Waals surface area contributed by atoms with E-state index in [1.54, 1.807) is 23.6 Å². The van der Waals surface area contributed by atoms with Crippen LogP contribution in [0.1, 0.15) is 41.9 Å². The molecular weight excluding hydrogens is 661 g/mol. The Bertz CT molecular complexity index is 2010. The lowest BCUT2D eigenvalue weighted by Gasteiger charge is -2.34. The Morgan fingerprint density at radius 2 is 1.96 bits per heavy atom. The van der Waals surface area contributed by atoms with Crippen LogP contribution < -0.4 is 16.1 Å². The minimum absolute atomic E-state index is 0.0122. The van der Waals surface area contributed by atoms with Crippen molar-refractivity contribution in [2.45, 2.75) is 32.0 Å². The van der Waals surface area contributed by atoms with E-state index >= 15 is 0 Å². The van der Waals surface area contributed by atoms with E-state index in [0.717, 1.165) is 29.4 Å². The van der Waals surface area contributed by atoms with E-state index in [1.807, 2.05) is 4.90 Å². The van der Waals surface area contributed by atoms with Crippen molar-refractivity contribution < 1.29 is 36.3 Å².